The maximum absolute atomic E-state index is 12.2. The molecular weight excluding hydrogens is 322 g/mol. The highest BCUT2D eigenvalue weighted by molar-refractivity contribution is 5.86. The van der Waals surface area contributed by atoms with Crippen molar-refractivity contribution in [2.24, 2.45) is 0 Å². The lowest BCUT2D eigenvalue weighted by Crippen LogP contribution is -2.46. The van der Waals surface area contributed by atoms with Crippen LogP contribution in [0.2, 0.25) is 0 Å². The molecule has 1 amide bonds. The van der Waals surface area contributed by atoms with E-state index in [1.807, 2.05) is 31.2 Å². The molecule has 138 valence electrons. The second-order valence-corrected chi connectivity index (χ2v) is 7.20. The Labute approximate surface area is 148 Å². The number of Topliss-reactive ketones (excluding diaryl/α,β-unsaturated/α-hetero) is 1. The Balaban J connectivity index is 3.09. The number of carbonyl (C=O) groups excluding carboxylic acids is 2. The van der Waals surface area contributed by atoms with Gasteiger partial charge in [0.15, 0.2) is 0 Å². The van der Waals surface area contributed by atoms with Gasteiger partial charge in [-0.1, -0.05) is 24.3 Å². The highest BCUT2D eigenvalue weighted by Gasteiger charge is 2.34. The molecule has 1 rings (SSSR count). The number of hydrogen-bond acceptors (Lipinski definition) is 4. The summed E-state index contributed by atoms with van der Waals surface area (Å²) in [6.07, 6.45) is -0.738. The Hall–Kier alpha value is -2.37. The third-order valence-corrected chi connectivity index (χ3v) is 3.95. The van der Waals surface area contributed by atoms with Crippen LogP contribution in [0.15, 0.2) is 24.3 Å². The van der Waals surface area contributed by atoms with E-state index in [0.29, 0.717) is 0 Å². The van der Waals surface area contributed by atoms with Crippen LogP contribution in [0.4, 0.5) is 4.79 Å². The standard InChI is InChI=1S/C19H27NO5/c1-12-9-7-8-10-14(12)15(13(2)21)11-16(17(22)23)20(6)18(24)25-19(3,4)5/h7-10,15-16H,11H2,1-6H3,(H,22,23)/t15?,16-/m0/s1. The zero-order valence-electron chi connectivity index (χ0n) is 15.7. The van der Waals surface area contributed by atoms with Gasteiger partial charge < -0.3 is 9.84 Å². The molecule has 0 spiro atoms. The van der Waals surface area contributed by atoms with Gasteiger partial charge in [0, 0.05) is 13.0 Å². The van der Waals surface area contributed by atoms with Crippen LogP contribution in [0.5, 0.6) is 0 Å². The van der Waals surface area contributed by atoms with Crippen LogP contribution < -0.4 is 0 Å². The molecule has 2 atom stereocenters. The van der Waals surface area contributed by atoms with E-state index in [9.17, 15) is 19.5 Å². The summed E-state index contributed by atoms with van der Waals surface area (Å²) in [7, 11) is 1.38. The van der Waals surface area contributed by atoms with Crippen molar-refractivity contribution in [2.45, 2.75) is 58.6 Å². The van der Waals surface area contributed by atoms with Crippen LogP contribution in [-0.4, -0.2) is 46.5 Å². The first-order chi connectivity index (χ1) is 11.4. The number of rotatable bonds is 6. The maximum Gasteiger partial charge on any atom is 0.410 e. The zero-order valence-corrected chi connectivity index (χ0v) is 15.7. The minimum absolute atomic E-state index is 0.00867. The van der Waals surface area contributed by atoms with Crippen LogP contribution in [0.25, 0.3) is 0 Å². The second-order valence-electron chi connectivity index (χ2n) is 7.20. The molecule has 0 bridgehead atoms. The van der Waals surface area contributed by atoms with Crippen molar-refractivity contribution in [2.75, 3.05) is 7.05 Å². The van der Waals surface area contributed by atoms with Gasteiger partial charge in [-0.15, -0.1) is 0 Å². The van der Waals surface area contributed by atoms with Gasteiger partial charge in [0.05, 0.1) is 0 Å². The fraction of sp³-hybridized carbons (Fsp3) is 0.526. The number of nitrogens with zero attached hydrogens (tertiary/aromatic N) is 1. The van der Waals surface area contributed by atoms with Gasteiger partial charge in [0.1, 0.15) is 17.4 Å². The van der Waals surface area contributed by atoms with Crippen molar-refractivity contribution in [3.8, 4) is 0 Å². The Bertz CT molecular complexity index is 647. The number of amides is 1. The number of likely N-dealkylation sites (N-methyl/N-ethyl adjacent to an activating group) is 1. The third kappa shape index (κ3) is 5.89. The molecule has 0 aliphatic heterocycles. The molecule has 6 heteroatoms. The molecule has 0 aromatic heterocycles. The number of aryl methyl sites for hydroxylation is 1. The summed E-state index contributed by atoms with van der Waals surface area (Å²) in [6, 6.07) is 6.19. The topological polar surface area (TPSA) is 83.9 Å². The van der Waals surface area contributed by atoms with Crippen molar-refractivity contribution in [1.29, 1.82) is 0 Å². The van der Waals surface area contributed by atoms with Crippen molar-refractivity contribution >= 4 is 17.8 Å². The van der Waals surface area contributed by atoms with E-state index in [2.05, 4.69) is 0 Å². The second kappa shape index (κ2) is 8.14. The van der Waals surface area contributed by atoms with Crippen LogP contribution in [0.1, 0.15) is 51.2 Å². The van der Waals surface area contributed by atoms with Gasteiger partial charge in [-0.05, 0) is 52.2 Å². The first kappa shape index (κ1) is 20.7. The quantitative estimate of drug-likeness (QED) is 0.851. The Morgan fingerprint density at radius 2 is 1.76 bits per heavy atom. The molecular formula is C19H27NO5. The predicted octanol–water partition coefficient (Wildman–Crippen LogP) is 3.38. The minimum atomic E-state index is -1.17. The van der Waals surface area contributed by atoms with E-state index in [4.69, 9.17) is 4.74 Å². The minimum Gasteiger partial charge on any atom is -0.480 e. The molecule has 0 fully saturated rings. The lowest BCUT2D eigenvalue weighted by atomic mass is 9.86. The lowest BCUT2D eigenvalue weighted by Gasteiger charge is -2.30. The van der Waals surface area contributed by atoms with Crippen LogP contribution in [0.3, 0.4) is 0 Å². The number of carbonyl (C=O) groups is 3. The molecule has 6 nitrogen and oxygen atoms in total. The Morgan fingerprint density at radius 1 is 1.20 bits per heavy atom. The van der Waals surface area contributed by atoms with Gasteiger partial charge >= 0.3 is 12.1 Å². The number of carboxylic acids is 1. The van der Waals surface area contributed by atoms with Crippen molar-refractivity contribution in [1.82, 2.24) is 4.90 Å². The smallest absolute Gasteiger partial charge is 0.410 e. The van der Waals surface area contributed by atoms with Crippen LogP contribution in [-0.2, 0) is 14.3 Å². The normalized spacial score (nSPS) is 13.7. The van der Waals surface area contributed by atoms with E-state index in [0.717, 1.165) is 16.0 Å². The monoisotopic (exact) mass is 349 g/mol. The Morgan fingerprint density at radius 3 is 2.20 bits per heavy atom. The predicted molar refractivity (Wildman–Crippen MR) is 94.6 cm³/mol. The van der Waals surface area contributed by atoms with Crippen molar-refractivity contribution < 1.29 is 24.2 Å². The molecule has 0 heterocycles. The molecule has 1 unspecified atom stereocenters. The molecule has 1 aromatic rings. The molecule has 0 aliphatic rings. The maximum atomic E-state index is 12.2. The number of benzene rings is 1. The molecule has 1 aromatic carbocycles. The summed E-state index contributed by atoms with van der Waals surface area (Å²) < 4.78 is 5.24. The number of carboxylic acid groups (broad SMARTS) is 1. The van der Waals surface area contributed by atoms with E-state index in [1.54, 1.807) is 20.8 Å². The number of ketones is 1. The summed E-state index contributed by atoms with van der Waals surface area (Å²) >= 11 is 0. The zero-order chi connectivity index (χ0) is 19.4. The molecule has 0 saturated carbocycles. The first-order valence-electron chi connectivity index (χ1n) is 8.18. The summed E-state index contributed by atoms with van der Waals surface area (Å²) in [5.74, 6) is -1.92. The highest BCUT2D eigenvalue weighted by Crippen LogP contribution is 2.27. The summed E-state index contributed by atoms with van der Waals surface area (Å²) in [4.78, 5) is 37.1. The van der Waals surface area contributed by atoms with Crippen molar-refractivity contribution in [3.63, 3.8) is 0 Å². The summed E-state index contributed by atoms with van der Waals surface area (Å²) in [5, 5.41) is 9.58. The van der Waals surface area contributed by atoms with E-state index < -0.39 is 29.6 Å². The fourth-order valence-corrected chi connectivity index (χ4v) is 2.60. The van der Waals surface area contributed by atoms with Crippen molar-refractivity contribution in [3.05, 3.63) is 35.4 Å². The average molecular weight is 349 g/mol. The van der Waals surface area contributed by atoms with E-state index in [-0.39, 0.29) is 12.2 Å². The SMILES string of the molecule is CC(=O)C(C[C@@H](C(=O)O)N(C)C(=O)OC(C)(C)C)c1ccccc1C. The molecule has 0 aliphatic carbocycles. The average Bonchev–Trinajstić information content (AvgIpc) is 2.46. The highest BCUT2D eigenvalue weighted by atomic mass is 16.6. The number of aliphatic carboxylic acids is 1. The van der Waals surface area contributed by atoms with Gasteiger partial charge in [-0.3, -0.25) is 9.69 Å². The van der Waals surface area contributed by atoms with E-state index in [1.165, 1.54) is 14.0 Å². The summed E-state index contributed by atoms with van der Waals surface area (Å²) in [6.45, 7) is 8.43. The first-order valence-corrected chi connectivity index (χ1v) is 8.18. The lowest BCUT2D eigenvalue weighted by molar-refractivity contribution is -0.143. The summed E-state index contributed by atoms with van der Waals surface area (Å²) in [5.41, 5.74) is 0.954. The number of hydrogen-bond donors (Lipinski definition) is 1. The van der Waals surface area contributed by atoms with Gasteiger partial charge in [-0.2, -0.15) is 0 Å². The Kier molecular flexibility index (Phi) is 6.73. The third-order valence-electron chi connectivity index (χ3n) is 3.95. The molecule has 25 heavy (non-hydrogen) atoms. The fourth-order valence-electron chi connectivity index (χ4n) is 2.60. The number of ether oxygens (including phenoxy) is 1. The van der Waals surface area contributed by atoms with E-state index >= 15 is 0 Å². The van der Waals surface area contributed by atoms with Crippen LogP contribution >= 0.6 is 0 Å². The molecule has 1 N–H and O–H groups in total. The van der Waals surface area contributed by atoms with Gasteiger partial charge in [-0.25, -0.2) is 9.59 Å². The van der Waals surface area contributed by atoms with Gasteiger partial charge in [0.25, 0.3) is 0 Å². The molecule has 0 saturated heterocycles. The largest absolute Gasteiger partial charge is 0.480 e. The van der Waals surface area contributed by atoms with Crippen LogP contribution in [0, 0.1) is 6.92 Å². The molecule has 0 radical (unpaired) electrons. The van der Waals surface area contributed by atoms with Gasteiger partial charge in [0.2, 0.25) is 0 Å².